The monoisotopic (exact) mass is 400 g/mol. The third-order valence-corrected chi connectivity index (χ3v) is 6.53. The second-order valence-corrected chi connectivity index (χ2v) is 8.02. The third-order valence-electron chi connectivity index (χ3n) is 4.62. The zero-order chi connectivity index (χ0) is 19.8. The van der Waals surface area contributed by atoms with Gasteiger partial charge in [0.15, 0.2) is 12.3 Å². The minimum absolute atomic E-state index is 0.0795. The highest BCUT2D eigenvalue weighted by molar-refractivity contribution is 7.93. The second kappa shape index (κ2) is 5.17. The molecule has 1 aliphatic heterocycles. The summed E-state index contributed by atoms with van der Waals surface area (Å²) in [6, 6.07) is 4.57. The number of pyridine rings is 1. The van der Waals surface area contributed by atoms with Crippen molar-refractivity contribution in [2.75, 3.05) is 0 Å². The Morgan fingerprint density at radius 3 is 2.63 bits per heavy atom. The van der Waals surface area contributed by atoms with Crippen LogP contribution in [0.15, 0.2) is 35.5 Å². The molecule has 1 aromatic carbocycles. The molecule has 0 radical (unpaired) electrons. The summed E-state index contributed by atoms with van der Waals surface area (Å²) in [6.07, 6.45) is -3.62. The highest BCUT2D eigenvalue weighted by atomic mass is 32.2. The van der Waals surface area contributed by atoms with Crippen LogP contribution in [0.2, 0.25) is 0 Å². The summed E-state index contributed by atoms with van der Waals surface area (Å²) in [6.45, 7) is 0. The van der Waals surface area contributed by atoms with Crippen LogP contribution in [0.25, 0.3) is 0 Å². The molecule has 1 N–H and O–H groups in total. The summed E-state index contributed by atoms with van der Waals surface area (Å²) < 4.78 is 87.0. The Kier molecular flexibility index (Phi) is 3.39. The molecular formula is C16H8F4N2O4S. The number of hydrogen-bond acceptors (Lipinski definition) is 6. The number of nitriles is 1. The number of sulfone groups is 1. The van der Waals surface area contributed by atoms with Crippen molar-refractivity contribution in [3.8, 4) is 17.6 Å². The van der Waals surface area contributed by atoms with E-state index in [2.05, 4.69) is 4.98 Å². The molecule has 140 valence electrons. The second-order valence-electron chi connectivity index (χ2n) is 6.06. The number of halogens is 4. The smallest absolute Gasteiger partial charge is 0.384 e. The minimum atomic E-state index is -5.42. The first-order valence-corrected chi connectivity index (χ1v) is 8.89. The Balaban J connectivity index is 1.95. The van der Waals surface area contributed by atoms with E-state index in [1.807, 2.05) is 0 Å². The van der Waals surface area contributed by atoms with Gasteiger partial charge in [-0.15, -0.1) is 0 Å². The van der Waals surface area contributed by atoms with Crippen LogP contribution >= 0.6 is 0 Å². The molecule has 0 saturated heterocycles. The fourth-order valence-electron chi connectivity index (χ4n) is 3.37. The van der Waals surface area contributed by atoms with Gasteiger partial charge in [-0.25, -0.2) is 17.2 Å². The van der Waals surface area contributed by atoms with Crippen molar-refractivity contribution in [1.82, 2.24) is 4.98 Å². The molecule has 11 heteroatoms. The van der Waals surface area contributed by atoms with E-state index < -0.39 is 54.8 Å². The minimum Gasteiger partial charge on any atom is -0.455 e. The van der Waals surface area contributed by atoms with Gasteiger partial charge in [0.1, 0.15) is 17.6 Å². The van der Waals surface area contributed by atoms with Gasteiger partial charge in [-0.3, -0.25) is 4.98 Å². The number of benzene rings is 1. The molecule has 2 aliphatic rings. The summed E-state index contributed by atoms with van der Waals surface area (Å²) in [4.78, 5) is 2.65. The molecule has 0 saturated carbocycles. The Hall–Kier alpha value is -2.71. The van der Waals surface area contributed by atoms with Gasteiger partial charge in [0.25, 0.3) is 0 Å². The van der Waals surface area contributed by atoms with Gasteiger partial charge in [-0.2, -0.15) is 14.0 Å². The van der Waals surface area contributed by atoms with Crippen LogP contribution in [-0.2, 0) is 15.4 Å². The highest BCUT2D eigenvalue weighted by Gasteiger charge is 2.78. The van der Waals surface area contributed by atoms with E-state index in [-0.39, 0.29) is 11.3 Å². The average Bonchev–Trinajstić information content (AvgIpc) is 2.91. The molecule has 4 rings (SSSR count). The largest absolute Gasteiger partial charge is 0.455 e. The molecule has 0 fully saturated rings. The number of rotatable bonds is 2. The number of ether oxygens (including phenoxy) is 1. The van der Waals surface area contributed by atoms with Gasteiger partial charge in [-0.05, 0) is 12.1 Å². The summed E-state index contributed by atoms with van der Waals surface area (Å²) in [5, 5.41) is 14.1. The molecule has 3 atom stereocenters. The first kappa shape index (κ1) is 17.7. The van der Waals surface area contributed by atoms with E-state index in [9.17, 15) is 31.1 Å². The lowest BCUT2D eigenvalue weighted by molar-refractivity contribution is -0.170. The molecule has 0 spiro atoms. The third kappa shape index (κ3) is 1.91. The number of aliphatic hydroxyl groups is 1. The highest BCUT2D eigenvalue weighted by Crippen LogP contribution is 2.65. The predicted molar refractivity (Wildman–Crippen MR) is 80.2 cm³/mol. The summed E-state index contributed by atoms with van der Waals surface area (Å²) in [5.74, 6) is -0.555. The molecule has 2 heterocycles. The molecule has 1 aliphatic carbocycles. The molecule has 6 nitrogen and oxygen atoms in total. The number of aromatic nitrogens is 1. The van der Waals surface area contributed by atoms with Gasteiger partial charge in [0.05, 0.1) is 16.7 Å². The number of alkyl halides is 4. The Bertz CT molecular complexity index is 1130. The van der Waals surface area contributed by atoms with Gasteiger partial charge in [0.2, 0.25) is 15.4 Å². The van der Waals surface area contributed by atoms with Gasteiger partial charge < -0.3 is 9.84 Å². The quantitative estimate of drug-likeness (QED) is 0.778. The summed E-state index contributed by atoms with van der Waals surface area (Å²) >= 11 is 0. The fourth-order valence-corrected chi connectivity index (χ4v) is 5.05. The van der Waals surface area contributed by atoms with Crippen LogP contribution in [0.3, 0.4) is 0 Å². The van der Waals surface area contributed by atoms with Crippen LogP contribution in [0.4, 0.5) is 17.6 Å². The Morgan fingerprint density at radius 1 is 1.26 bits per heavy atom. The fraction of sp³-hybridized carbons (Fsp3) is 0.250. The molecule has 0 amide bonds. The van der Waals surface area contributed by atoms with Gasteiger partial charge in [0, 0.05) is 23.4 Å². The van der Waals surface area contributed by atoms with Crippen molar-refractivity contribution >= 4 is 9.84 Å². The maximum atomic E-state index is 14.5. The van der Waals surface area contributed by atoms with Gasteiger partial charge >= 0.3 is 5.25 Å². The van der Waals surface area contributed by atoms with Crippen molar-refractivity contribution in [1.29, 1.82) is 5.26 Å². The Labute approximate surface area is 149 Å². The van der Waals surface area contributed by atoms with Crippen molar-refractivity contribution < 1.29 is 35.8 Å². The van der Waals surface area contributed by atoms with E-state index in [4.69, 9.17) is 10.00 Å². The first-order chi connectivity index (χ1) is 12.6. The average molecular weight is 400 g/mol. The lowest BCUT2D eigenvalue weighted by Crippen LogP contribution is -2.50. The van der Waals surface area contributed by atoms with Crippen LogP contribution in [0, 0.1) is 11.3 Å². The van der Waals surface area contributed by atoms with Crippen molar-refractivity contribution in [2.45, 2.75) is 28.1 Å². The van der Waals surface area contributed by atoms with Crippen LogP contribution in [0.1, 0.15) is 22.9 Å². The van der Waals surface area contributed by atoms with Crippen LogP contribution in [-0.4, -0.2) is 29.9 Å². The molecule has 2 aromatic rings. The van der Waals surface area contributed by atoms with E-state index in [0.29, 0.717) is 6.07 Å². The van der Waals surface area contributed by atoms with Crippen molar-refractivity contribution in [3.63, 3.8) is 0 Å². The predicted octanol–water partition coefficient (Wildman–Crippen LogP) is 2.68. The van der Waals surface area contributed by atoms with E-state index in [1.165, 1.54) is 12.3 Å². The van der Waals surface area contributed by atoms with Crippen LogP contribution in [0.5, 0.6) is 11.5 Å². The standard InChI is InChI=1S/C16H8F4N2O4S/c17-13-11-9(26-8-3-7(4-21)5-22-6-8)1-2-10-12(11)15(23,14(13)18)16(19,20)27(10,24)25/h1-3,5-6,13-14,23H/t13-,14+,15+/m1/s1. The summed E-state index contributed by atoms with van der Waals surface area (Å²) in [5.41, 5.74) is -5.64. The SMILES string of the molecule is N#Cc1cncc(Oc2ccc3c4c2[C@@H](F)[C@H](F)[C@]4(O)C(F)(F)S3(=O)=O)c1. The zero-order valence-corrected chi connectivity index (χ0v) is 13.8. The van der Waals surface area contributed by atoms with Crippen LogP contribution < -0.4 is 4.74 Å². The molecule has 27 heavy (non-hydrogen) atoms. The lowest BCUT2D eigenvalue weighted by atomic mass is 9.95. The first-order valence-electron chi connectivity index (χ1n) is 7.40. The Morgan fingerprint density at radius 2 is 1.96 bits per heavy atom. The molecule has 1 aromatic heterocycles. The number of nitrogens with zero attached hydrogens (tertiary/aromatic N) is 2. The van der Waals surface area contributed by atoms with Crippen molar-refractivity contribution in [3.05, 3.63) is 47.3 Å². The molecule has 0 unspecified atom stereocenters. The van der Waals surface area contributed by atoms with E-state index >= 15 is 0 Å². The maximum Gasteiger partial charge on any atom is 0.384 e. The van der Waals surface area contributed by atoms with Gasteiger partial charge in [-0.1, -0.05) is 0 Å². The van der Waals surface area contributed by atoms with E-state index in [1.54, 1.807) is 6.07 Å². The lowest BCUT2D eigenvalue weighted by Gasteiger charge is -2.27. The summed E-state index contributed by atoms with van der Waals surface area (Å²) in [7, 11) is -5.42. The zero-order valence-electron chi connectivity index (χ0n) is 13.0. The van der Waals surface area contributed by atoms with E-state index in [0.717, 1.165) is 12.3 Å². The normalized spacial score (nSPS) is 29.2. The number of hydrogen-bond donors (Lipinski definition) is 1. The molecular weight excluding hydrogens is 392 g/mol. The topological polar surface area (TPSA) is 100 Å². The molecule has 0 bridgehead atoms. The maximum absolute atomic E-state index is 14.5. The van der Waals surface area contributed by atoms with Crippen molar-refractivity contribution in [2.24, 2.45) is 0 Å².